The molecule has 3 heterocycles. The molecule has 0 aliphatic carbocycles. The van der Waals surface area contributed by atoms with E-state index < -0.39 is 17.8 Å². The second-order valence-electron chi connectivity index (χ2n) is 8.92. The van der Waals surface area contributed by atoms with Gasteiger partial charge in [0.1, 0.15) is 11.5 Å². The fourth-order valence-electron chi connectivity index (χ4n) is 4.44. The second kappa shape index (κ2) is 9.61. The molecule has 10 heteroatoms. The zero-order valence-corrected chi connectivity index (χ0v) is 20.2. The smallest absolute Gasteiger partial charge is 0.367 e. The molecule has 0 saturated carbocycles. The van der Waals surface area contributed by atoms with Crippen LogP contribution in [0.2, 0.25) is 0 Å². The van der Waals surface area contributed by atoms with Crippen LogP contribution in [0.4, 0.5) is 35.2 Å². The van der Waals surface area contributed by atoms with Crippen molar-refractivity contribution in [3.05, 3.63) is 78.1 Å². The molecule has 0 fully saturated rings. The third-order valence-corrected chi connectivity index (χ3v) is 6.19. The predicted molar refractivity (Wildman–Crippen MR) is 137 cm³/mol. The maximum Gasteiger partial charge on any atom is 0.416 e. The van der Waals surface area contributed by atoms with E-state index in [4.69, 9.17) is 5.10 Å². The van der Waals surface area contributed by atoms with E-state index in [-0.39, 0.29) is 5.69 Å². The van der Waals surface area contributed by atoms with E-state index in [1.54, 1.807) is 12.3 Å². The lowest BCUT2D eigenvalue weighted by atomic mass is 9.97. The van der Waals surface area contributed by atoms with Crippen molar-refractivity contribution in [1.29, 1.82) is 0 Å². The number of carbonyl (C=O) groups excluding carboxylic acids is 1. The molecule has 5 rings (SSSR count). The fraction of sp³-hybridized carbons (Fsp3) is 0.222. The van der Waals surface area contributed by atoms with Gasteiger partial charge in [0.25, 0.3) is 0 Å². The summed E-state index contributed by atoms with van der Waals surface area (Å²) in [6.45, 7) is 4.83. The summed E-state index contributed by atoms with van der Waals surface area (Å²) in [4.78, 5) is 17.0. The summed E-state index contributed by atoms with van der Waals surface area (Å²) in [5, 5.41) is 13.5. The summed E-state index contributed by atoms with van der Waals surface area (Å²) in [5.41, 5.74) is 4.78. The topological polar surface area (TPSA) is 83.9 Å². The Hall–Kier alpha value is -4.34. The molecule has 7 nitrogen and oxygen atoms in total. The molecular formula is C27H25F3N6O. The van der Waals surface area contributed by atoms with Crippen LogP contribution in [0, 0.1) is 0 Å². The Morgan fingerprint density at radius 2 is 1.84 bits per heavy atom. The first-order valence-electron chi connectivity index (χ1n) is 11.9. The van der Waals surface area contributed by atoms with Crippen LogP contribution in [-0.4, -0.2) is 26.8 Å². The molecule has 37 heavy (non-hydrogen) atoms. The molecule has 1 atom stereocenters. The van der Waals surface area contributed by atoms with Gasteiger partial charge in [-0.3, -0.25) is 4.68 Å². The number of carbonyl (C=O) groups is 1. The second-order valence-corrected chi connectivity index (χ2v) is 8.92. The maximum absolute atomic E-state index is 12.8. The average molecular weight is 507 g/mol. The van der Waals surface area contributed by atoms with Gasteiger partial charge in [-0.05, 0) is 68.3 Å². The van der Waals surface area contributed by atoms with Gasteiger partial charge in [0.2, 0.25) is 0 Å². The van der Waals surface area contributed by atoms with Crippen molar-refractivity contribution in [2.24, 2.45) is 0 Å². The number of alkyl halides is 3. The standard InChI is InChI=1S/C27H25F3N6O/c1-3-36-15-23(21-11-12-31-25-22(21)13-16(2)32-25)24(35-36)17-5-4-6-20(14-17)34-26(37)33-19-9-7-18(8-10-19)27(28,29)30/h4-12,14-16H,3,13H2,1-2H3,(H,31,32)(H2,33,34,37). The molecule has 0 saturated heterocycles. The van der Waals surface area contributed by atoms with Crippen molar-refractivity contribution < 1.29 is 18.0 Å². The van der Waals surface area contributed by atoms with Crippen LogP contribution < -0.4 is 16.0 Å². The molecule has 2 aromatic heterocycles. The van der Waals surface area contributed by atoms with Crippen molar-refractivity contribution in [1.82, 2.24) is 14.8 Å². The Morgan fingerprint density at radius 1 is 1.08 bits per heavy atom. The first-order chi connectivity index (χ1) is 17.7. The van der Waals surface area contributed by atoms with Crippen LogP contribution in [-0.2, 0) is 19.1 Å². The van der Waals surface area contributed by atoms with Gasteiger partial charge in [0, 0.05) is 53.0 Å². The zero-order chi connectivity index (χ0) is 26.2. The Labute approximate surface area is 211 Å². The summed E-state index contributed by atoms with van der Waals surface area (Å²) in [7, 11) is 0. The summed E-state index contributed by atoms with van der Waals surface area (Å²) in [5.74, 6) is 0.885. The van der Waals surface area contributed by atoms with Crippen LogP contribution in [0.25, 0.3) is 22.4 Å². The summed E-state index contributed by atoms with van der Waals surface area (Å²) >= 11 is 0. The Kier molecular flexibility index (Phi) is 6.32. The third-order valence-electron chi connectivity index (χ3n) is 6.19. The highest BCUT2D eigenvalue weighted by Gasteiger charge is 2.30. The highest BCUT2D eigenvalue weighted by Crippen LogP contribution is 2.38. The number of rotatable bonds is 5. The fourth-order valence-corrected chi connectivity index (χ4v) is 4.44. The van der Waals surface area contributed by atoms with Gasteiger partial charge in [-0.2, -0.15) is 18.3 Å². The number of benzene rings is 2. The third kappa shape index (κ3) is 5.13. The Morgan fingerprint density at radius 3 is 2.57 bits per heavy atom. The Bertz CT molecular complexity index is 1450. The number of urea groups is 1. The molecule has 0 bridgehead atoms. The first-order valence-corrected chi connectivity index (χ1v) is 11.9. The van der Waals surface area contributed by atoms with E-state index in [1.807, 2.05) is 42.1 Å². The van der Waals surface area contributed by atoms with E-state index >= 15 is 0 Å². The lowest BCUT2D eigenvalue weighted by Crippen LogP contribution is -2.19. The van der Waals surface area contributed by atoms with Gasteiger partial charge in [-0.25, -0.2) is 9.78 Å². The molecule has 190 valence electrons. The van der Waals surface area contributed by atoms with Gasteiger partial charge in [0.05, 0.1) is 5.56 Å². The predicted octanol–water partition coefficient (Wildman–Crippen LogP) is 6.65. The van der Waals surface area contributed by atoms with Crippen LogP contribution in [0.5, 0.6) is 0 Å². The molecule has 0 radical (unpaired) electrons. The van der Waals surface area contributed by atoms with Gasteiger partial charge in [0.15, 0.2) is 0 Å². The molecule has 1 unspecified atom stereocenters. The van der Waals surface area contributed by atoms with E-state index in [1.165, 1.54) is 12.1 Å². The van der Waals surface area contributed by atoms with Crippen molar-refractivity contribution in [2.45, 2.75) is 39.0 Å². The number of nitrogens with zero attached hydrogens (tertiary/aromatic N) is 3. The van der Waals surface area contributed by atoms with Gasteiger partial charge < -0.3 is 16.0 Å². The normalized spacial score (nSPS) is 14.7. The van der Waals surface area contributed by atoms with Crippen LogP contribution >= 0.6 is 0 Å². The number of halogens is 3. The van der Waals surface area contributed by atoms with Gasteiger partial charge >= 0.3 is 12.2 Å². The number of pyridine rings is 1. The largest absolute Gasteiger partial charge is 0.416 e. The summed E-state index contributed by atoms with van der Waals surface area (Å²) in [6.07, 6.45) is 0.234. The quantitative estimate of drug-likeness (QED) is 0.283. The average Bonchev–Trinajstić information content (AvgIpc) is 3.46. The highest BCUT2D eigenvalue weighted by molar-refractivity contribution is 6.00. The molecule has 0 spiro atoms. The molecule has 3 N–H and O–H groups in total. The van der Waals surface area contributed by atoms with Crippen LogP contribution in [0.3, 0.4) is 0 Å². The molecule has 1 aliphatic rings. The van der Waals surface area contributed by atoms with Gasteiger partial charge in [-0.15, -0.1) is 0 Å². The monoisotopic (exact) mass is 506 g/mol. The van der Waals surface area contributed by atoms with E-state index in [9.17, 15) is 18.0 Å². The zero-order valence-electron chi connectivity index (χ0n) is 20.2. The summed E-state index contributed by atoms with van der Waals surface area (Å²) < 4.78 is 40.2. The Balaban J connectivity index is 1.39. The minimum absolute atomic E-state index is 0.250. The highest BCUT2D eigenvalue weighted by atomic mass is 19.4. The molecule has 2 amide bonds. The van der Waals surface area contributed by atoms with Crippen LogP contribution in [0.15, 0.2) is 67.0 Å². The van der Waals surface area contributed by atoms with Crippen molar-refractivity contribution >= 4 is 23.2 Å². The number of fused-ring (bicyclic) bond motifs is 1. The van der Waals surface area contributed by atoms with Crippen molar-refractivity contribution in [2.75, 3.05) is 16.0 Å². The number of hydrogen-bond acceptors (Lipinski definition) is 4. The number of anilines is 3. The summed E-state index contributed by atoms with van der Waals surface area (Å²) in [6, 6.07) is 13.3. The van der Waals surface area contributed by atoms with Gasteiger partial charge in [-0.1, -0.05) is 12.1 Å². The minimum Gasteiger partial charge on any atom is -0.367 e. The lowest BCUT2D eigenvalue weighted by Gasteiger charge is -2.11. The van der Waals surface area contributed by atoms with Crippen molar-refractivity contribution in [3.63, 3.8) is 0 Å². The number of amides is 2. The number of hydrogen-bond donors (Lipinski definition) is 3. The molecular weight excluding hydrogens is 481 g/mol. The minimum atomic E-state index is -4.43. The first kappa shape index (κ1) is 24.4. The molecule has 4 aromatic rings. The van der Waals surface area contributed by atoms with E-state index in [0.717, 1.165) is 52.3 Å². The van der Waals surface area contributed by atoms with Crippen molar-refractivity contribution in [3.8, 4) is 22.4 Å². The maximum atomic E-state index is 12.8. The lowest BCUT2D eigenvalue weighted by molar-refractivity contribution is -0.137. The number of aryl methyl sites for hydroxylation is 1. The number of aromatic nitrogens is 3. The van der Waals surface area contributed by atoms with E-state index in [0.29, 0.717) is 18.3 Å². The van der Waals surface area contributed by atoms with E-state index in [2.05, 4.69) is 27.9 Å². The molecule has 2 aromatic carbocycles. The SMILES string of the molecule is CCn1cc(-c2ccnc3c2CC(C)N3)c(-c2cccc(NC(=O)Nc3ccc(C(F)(F)F)cc3)c2)n1. The number of nitrogens with one attached hydrogen (secondary N) is 3. The molecule has 1 aliphatic heterocycles. The van der Waals surface area contributed by atoms with Crippen LogP contribution in [0.1, 0.15) is 25.0 Å².